The van der Waals surface area contributed by atoms with Crippen LogP contribution in [0, 0.1) is 0 Å². The average Bonchev–Trinajstić information content (AvgIpc) is 3.27. The van der Waals surface area contributed by atoms with Crippen molar-refractivity contribution in [2.24, 2.45) is 0 Å². The van der Waals surface area contributed by atoms with Crippen LogP contribution < -0.4 is 4.72 Å². The van der Waals surface area contributed by atoms with Gasteiger partial charge in [0.25, 0.3) is 0 Å². The number of sulfonamides is 1. The Balaban J connectivity index is 1.42. The quantitative estimate of drug-likeness (QED) is 0.532. The standard InChI is InChI=1S/C20H17Cl2N3O3S2/c21-18-4-3-15(29-18)7-10-30(27,28)24-17-6-9-25(20(17)26)12-13-1-2-14-5-8-23-19(22)16(14)11-13/h1-5,7-8,10-11,17,24H,6,9,12H2/t17-/m0/s1. The third-order valence-electron chi connectivity index (χ3n) is 4.76. The average molecular weight is 482 g/mol. The van der Waals surface area contributed by atoms with E-state index in [2.05, 4.69) is 9.71 Å². The molecular formula is C20H17Cl2N3O3S2. The Morgan fingerprint density at radius 1 is 1.23 bits per heavy atom. The second kappa shape index (κ2) is 8.64. The molecule has 0 unspecified atom stereocenters. The summed E-state index contributed by atoms with van der Waals surface area (Å²) in [6.45, 7) is 0.844. The first-order valence-corrected chi connectivity index (χ1v) is 12.2. The van der Waals surface area contributed by atoms with Crippen molar-refractivity contribution in [3.8, 4) is 0 Å². The summed E-state index contributed by atoms with van der Waals surface area (Å²) in [5, 5.41) is 3.26. The highest BCUT2D eigenvalue weighted by molar-refractivity contribution is 7.92. The first-order chi connectivity index (χ1) is 14.3. The minimum atomic E-state index is -3.76. The van der Waals surface area contributed by atoms with Gasteiger partial charge in [-0.1, -0.05) is 35.3 Å². The van der Waals surface area contributed by atoms with E-state index in [1.165, 1.54) is 17.4 Å². The molecule has 0 radical (unpaired) electrons. The Labute approximate surface area is 188 Å². The molecule has 156 valence electrons. The number of rotatable bonds is 6. The van der Waals surface area contributed by atoms with Gasteiger partial charge in [-0.3, -0.25) is 4.79 Å². The van der Waals surface area contributed by atoms with Gasteiger partial charge in [-0.2, -0.15) is 4.72 Å². The molecule has 4 rings (SSSR count). The van der Waals surface area contributed by atoms with Crippen LogP contribution in [0.1, 0.15) is 16.9 Å². The summed E-state index contributed by atoms with van der Waals surface area (Å²) in [5.41, 5.74) is 0.906. The first kappa shape index (κ1) is 21.3. The molecule has 1 aromatic carbocycles. The Morgan fingerprint density at radius 3 is 2.83 bits per heavy atom. The number of carbonyl (C=O) groups is 1. The number of pyridine rings is 1. The minimum absolute atomic E-state index is 0.247. The molecule has 1 aliphatic rings. The molecule has 10 heteroatoms. The summed E-state index contributed by atoms with van der Waals surface area (Å²) in [4.78, 5) is 19.2. The fraction of sp³-hybridized carbons (Fsp3) is 0.200. The van der Waals surface area contributed by atoms with E-state index < -0.39 is 16.1 Å². The van der Waals surface area contributed by atoms with E-state index in [1.54, 1.807) is 23.2 Å². The van der Waals surface area contributed by atoms with Gasteiger partial charge in [0.15, 0.2) is 0 Å². The molecule has 3 aromatic rings. The van der Waals surface area contributed by atoms with Gasteiger partial charge in [-0.15, -0.1) is 11.3 Å². The van der Waals surface area contributed by atoms with Crippen molar-refractivity contribution in [2.75, 3.05) is 6.54 Å². The second-order valence-corrected chi connectivity index (χ2v) is 10.6. The van der Waals surface area contributed by atoms with Crippen LogP contribution in [0.25, 0.3) is 16.8 Å². The summed E-state index contributed by atoms with van der Waals surface area (Å²) < 4.78 is 27.7. The van der Waals surface area contributed by atoms with Gasteiger partial charge in [0.05, 0.1) is 4.34 Å². The first-order valence-electron chi connectivity index (χ1n) is 9.08. The lowest BCUT2D eigenvalue weighted by molar-refractivity contribution is -0.129. The van der Waals surface area contributed by atoms with E-state index in [-0.39, 0.29) is 5.91 Å². The van der Waals surface area contributed by atoms with Crippen molar-refractivity contribution < 1.29 is 13.2 Å². The van der Waals surface area contributed by atoms with E-state index in [0.29, 0.717) is 33.9 Å². The maximum Gasteiger partial charge on any atom is 0.241 e. The number of amides is 1. The highest BCUT2D eigenvalue weighted by atomic mass is 35.5. The van der Waals surface area contributed by atoms with Gasteiger partial charge < -0.3 is 4.90 Å². The van der Waals surface area contributed by atoms with Crippen LogP contribution in [0.2, 0.25) is 9.49 Å². The Kier molecular flexibility index (Phi) is 6.13. The molecule has 1 fully saturated rings. The zero-order valence-corrected chi connectivity index (χ0v) is 18.7. The van der Waals surface area contributed by atoms with Crippen LogP contribution in [0.3, 0.4) is 0 Å². The summed E-state index contributed by atoms with van der Waals surface area (Å²) in [6, 6.07) is 10.3. The number of carbonyl (C=O) groups excluding carboxylic acids is 1. The van der Waals surface area contributed by atoms with Crippen molar-refractivity contribution in [2.45, 2.75) is 19.0 Å². The molecule has 1 aliphatic heterocycles. The SMILES string of the molecule is O=C1[C@@H](NS(=O)(=O)C=Cc2ccc(Cl)s2)CCN1Cc1ccc2ccnc(Cl)c2c1. The fourth-order valence-corrected chi connectivity index (χ4v) is 5.61. The van der Waals surface area contributed by atoms with E-state index in [4.69, 9.17) is 23.2 Å². The number of aromatic nitrogens is 1. The molecule has 0 spiro atoms. The lowest BCUT2D eigenvalue weighted by Crippen LogP contribution is -2.40. The van der Waals surface area contributed by atoms with Gasteiger partial charge in [0.1, 0.15) is 11.2 Å². The summed E-state index contributed by atoms with van der Waals surface area (Å²) in [5.74, 6) is -0.247. The number of hydrogen-bond acceptors (Lipinski definition) is 5. The monoisotopic (exact) mass is 481 g/mol. The molecule has 0 aliphatic carbocycles. The van der Waals surface area contributed by atoms with Crippen LogP contribution >= 0.6 is 34.5 Å². The number of nitrogens with one attached hydrogen (secondary N) is 1. The van der Waals surface area contributed by atoms with E-state index in [9.17, 15) is 13.2 Å². The van der Waals surface area contributed by atoms with Gasteiger partial charge >= 0.3 is 0 Å². The molecule has 2 aromatic heterocycles. The number of benzene rings is 1. The fourth-order valence-electron chi connectivity index (χ4n) is 3.32. The molecule has 1 atom stereocenters. The zero-order valence-electron chi connectivity index (χ0n) is 15.6. The van der Waals surface area contributed by atoms with Gasteiger partial charge in [0, 0.05) is 35.0 Å². The molecule has 1 saturated heterocycles. The second-order valence-electron chi connectivity index (χ2n) is 6.87. The van der Waals surface area contributed by atoms with Crippen LogP contribution in [0.15, 0.2) is 48.0 Å². The molecular weight excluding hydrogens is 465 g/mol. The number of fused-ring (bicyclic) bond motifs is 1. The smallest absolute Gasteiger partial charge is 0.241 e. The molecule has 30 heavy (non-hydrogen) atoms. The summed E-state index contributed by atoms with van der Waals surface area (Å²) >= 11 is 13.3. The van der Waals surface area contributed by atoms with Gasteiger partial charge in [-0.25, -0.2) is 13.4 Å². The molecule has 1 amide bonds. The lowest BCUT2D eigenvalue weighted by Gasteiger charge is -2.17. The Hall–Kier alpha value is -1.97. The summed E-state index contributed by atoms with van der Waals surface area (Å²) in [6.07, 6.45) is 3.52. The van der Waals surface area contributed by atoms with Gasteiger partial charge in [-0.05, 0) is 47.7 Å². The molecule has 6 nitrogen and oxygen atoms in total. The third kappa shape index (κ3) is 4.84. The maximum absolute atomic E-state index is 12.7. The van der Waals surface area contributed by atoms with Crippen LogP contribution in [0.5, 0.6) is 0 Å². The molecule has 0 saturated carbocycles. The number of halogens is 2. The van der Waals surface area contributed by atoms with Crippen molar-refractivity contribution in [1.29, 1.82) is 0 Å². The van der Waals surface area contributed by atoms with Crippen molar-refractivity contribution in [3.63, 3.8) is 0 Å². The van der Waals surface area contributed by atoms with E-state index in [0.717, 1.165) is 21.7 Å². The van der Waals surface area contributed by atoms with Crippen molar-refractivity contribution in [1.82, 2.24) is 14.6 Å². The van der Waals surface area contributed by atoms with Crippen molar-refractivity contribution in [3.05, 3.63) is 67.9 Å². The molecule has 3 heterocycles. The predicted octanol–water partition coefficient (Wildman–Crippen LogP) is 4.29. The number of likely N-dealkylation sites (tertiary alicyclic amines) is 1. The topological polar surface area (TPSA) is 79.4 Å². The zero-order chi connectivity index (χ0) is 21.3. The van der Waals surface area contributed by atoms with Crippen molar-refractivity contribution >= 4 is 67.3 Å². The lowest BCUT2D eigenvalue weighted by atomic mass is 10.1. The third-order valence-corrected chi connectivity index (χ3v) is 7.37. The predicted molar refractivity (Wildman–Crippen MR) is 121 cm³/mol. The Bertz CT molecular complexity index is 1240. The largest absolute Gasteiger partial charge is 0.337 e. The maximum atomic E-state index is 12.7. The minimum Gasteiger partial charge on any atom is -0.337 e. The Morgan fingerprint density at radius 2 is 2.07 bits per heavy atom. The van der Waals surface area contributed by atoms with E-state index in [1.807, 2.05) is 24.3 Å². The number of hydrogen-bond donors (Lipinski definition) is 1. The van der Waals surface area contributed by atoms with Crippen LogP contribution in [0.4, 0.5) is 0 Å². The van der Waals surface area contributed by atoms with Crippen LogP contribution in [-0.2, 0) is 21.4 Å². The summed E-state index contributed by atoms with van der Waals surface area (Å²) in [7, 11) is -3.76. The normalized spacial score (nSPS) is 17.5. The number of nitrogens with zero attached hydrogens (tertiary/aromatic N) is 2. The van der Waals surface area contributed by atoms with Gasteiger partial charge in [0.2, 0.25) is 15.9 Å². The van der Waals surface area contributed by atoms with E-state index >= 15 is 0 Å². The highest BCUT2D eigenvalue weighted by Crippen LogP contribution is 2.25. The molecule has 0 bridgehead atoms. The molecule has 1 N–H and O–H groups in total. The van der Waals surface area contributed by atoms with Crippen LogP contribution in [-0.4, -0.2) is 36.8 Å². The number of thiophene rings is 1. The highest BCUT2D eigenvalue weighted by Gasteiger charge is 2.33.